The lowest BCUT2D eigenvalue weighted by Gasteiger charge is -2.09. The number of imidazole rings is 1. The summed E-state index contributed by atoms with van der Waals surface area (Å²) in [6.07, 6.45) is 3.44. The molecule has 2 rings (SSSR count). The van der Waals surface area contributed by atoms with Gasteiger partial charge >= 0.3 is 0 Å². The van der Waals surface area contributed by atoms with Gasteiger partial charge in [-0.1, -0.05) is 0 Å². The molecule has 0 aliphatic heterocycles. The van der Waals surface area contributed by atoms with E-state index in [2.05, 4.69) is 9.97 Å². The molecule has 86 valence electrons. The molecular formula is C10H13N3OS2. The molecule has 2 atom stereocenters. The van der Waals surface area contributed by atoms with E-state index >= 15 is 0 Å². The van der Waals surface area contributed by atoms with E-state index in [0.29, 0.717) is 11.3 Å². The van der Waals surface area contributed by atoms with E-state index in [1.54, 1.807) is 12.5 Å². The van der Waals surface area contributed by atoms with Crippen LogP contribution in [0, 0.1) is 4.77 Å². The molecule has 6 heteroatoms. The number of rotatable bonds is 3. The fourth-order valence-electron chi connectivity index (χ4n) is 1.52. The van der Waals surface area contributed by atoms with Gasteiger partial charge in [-0.3, -0.25) is 4.21 Å². The fourth-order valence-corrected chi connectivity index (χ4v) is 2.15. The van der Waals surface area contributed by atoms with Gasteiger partial charge in [-0.05, 0) is 31.3 Å². The van der Waals surface area contributed by atoms with Crippen molar-refractivity contribution in [3.63, 3.8) is 0 Å². The van der Waals surface area contributed by atoms with E-state index in [-0.39, 0.29) is 5.25 Å². The molecule has 0 amide bonds. The minimum absolute atomic E-state index is 0.0627. The van der Waals surface area contributed by atoms with Crippen LogP contribution in [0.2, 0.25) is 0 Å². The third-order valence-electron chi connectivity index (χ3n) is 2.54. The van der Waals surface area contributed by atoms with Crippen LogP contribution in [0.3, 0.4) is 0 Å². The smallest absolute Gasteiger partial charge is 0.179 e. The zero-order chi connectivity index (χ0) is 11.7. The third kappa shape index (κ3) is 2.08. The van der Waals surface area contributed by atoms with Crippen molar-refractivity contribution >= 4 is 34.2 Å². The van der Waals surface area contributed by atoms with Crippen LogP contribution >= 0.6 is 12.2 Å². The Morgan fingerprint density at radius 2 is 2.44 bits per heavy atom. The molecule has 2 heterocycles. The van der Waals surface area contributed by atoms with Crippen molar-refractivity contribution in [1.82, 2.24) is 14.5 Å². The molecular weight excluding hydrogens is 242 g/mol. The van der Waals surface area contributed by atoms with Crippen molar-refractivity contribution in [2.24, 2.45) is 0 Å². The van der Waals surface area contributed by atoms with Gasteiger partial charge in [0.1, 0.15) is 0 Å². The first-order chi connectivity index (χ1) is 7.59. The molecule has 0 aromatic carbocycles. The van der Waals surface area contributed by atoms with Gasteiger partial charge in [0, 0.05) is 35.0 Å². The predicted octanol–water partition coefficient (Wildman–Crippen LogP) is 1.86. The van der Waals surface area contributed by atoms with Crippen LogP contribution in [0.15, 0.2) is 18.3 Å². The van der Waals surface area contributed by atoms with E-state index in [4.69, 9.17) is 12.2 Å². The largest absolute Gasteiger partial charge is 0.329 e. The number of aromatic nitrogens is 3. The number of aromatic amines is 1. The van der Waals surface area contributed by atoms with Crippen LogP contribution in [-0.2, 0) is 17.3 Å². The highest BCUT2D eigenvalue weighted by molar-refractivity contribution is 7.84. The maximum absolute atomic E-state index is 11.4. The standard InChI is InChI=1S/C10H13N3OS2/c1-7(16(2)14)6-13-9-8(12-10(13)15)4-3-5-11-9/h3-5,7H,6H2,1-2H3,(H,12,15). The zero-order valence-corrected chi connectivity index (χ0v) is 10.8. The van der Waals surface area contributed by atoms with Crippen molar-refractivity contribution in [3.05, 3.63) is 23.1 Å². The minimum atomic E-state index is -0.855. The summed E-state index contributed by atoms with van der Waals surface area (Å²) in [4.78, 5) is 7.37. The molecule has 0 spiro atoms. The predicted molar refractivity (Wildman–Crippen MR) is 68.4 cm³/mol. The molecule has 0 radical (unpaired) electrons. The summed E-state index contributed by atoms with van der Waals surface area (Å²) in [6.45, 7) is 2.57. The summed E-state index contributed by atoms with van der Waals surface area (Å²) in [6, 6.07) is 3.79. The molecule has 0 saturated carbocycles. The van der Waals surface area contributed by atoms with Gasteiger partial charge in [-0.15, -0.1) is 0 Å². The first-order valence-electron chi connectivity index (χ1n) is 4.95. The summed E-state index contributed by atoms with van der Waals surface area (Å²) in [5.74, 6) is 0. The van der Waals surface area contributed by atoms with Gasteiger partial charge in [0.05, 0.1) is 5.52 Å². The van der Waals surface area contributed by atoms with Gasteiger partial charge in [0.15, 0.2) is 10.4 Å². The Kier molecular flexibility index (Phi) is 3.20. The van der Waals surface area contributed by atoms with Crippen molar-refractivity contribution in [2.75, 3.05) is 6.26 Å². The second kappa shape index (κ2) is 4.47. The molecule has 1 N–H and O–H groups in total. The molecule has 0 fully saturated rings. The number of pyridine rings is 1. The van der Waals surface area contributed by atoms with E-state index in [0.717, 1.165) is 11.2 Å². The highest BCUT2D eigenvalue weighted by Crippen LogP contribution is 2.12. The molecule has 16 heavy (non-hydrogen) atoms. The quantitative estimate of drug-likeness (QED) is 0.852. The molecule has 2 aromatic rings. The lowest BCUT2D eigenvalue weighted by molar-refractivity contribution is 0.645. The molecule has 2 unspecified atom stereocenters. The number of nitrogens with zero attached hydrogens (tertiary/aromatic N) is 2. The van der Waals surface area contributed by atoms with Crippen LogP contribution in [0.25, 0.3) is 11.2 Å². The molecule has 0 bridgehead atoms. The number of hydrogen-bond acceptors (Lipinski definition) is 3. The minimum Gasteiger partial charge on any atom is -0.329 e. The highest BCUT2D eigenvalue weighted by atomic mass is 32.2. The van der Waals surface area contributed by atoms with Gasteiger partial charge < -0.3 is 9.55 Å². The summed E-state index contributed by atoms with van der Waals surface area (Å²) < 4.78 is 13.9. The van der Waals surface area contributed by atoms with Crippen LogP contribution in [-0.4, -0.2) is 30.2 Å². The van der Waals surface area contributed by atoms with Gasteiger partial charge in [-0.25, -0.2) is 4.98 Å². The monoisotopic (exact) mass is 255 g/mol. The number of hydrogen-bond donors (Lipinski definition) is 1. The molecule has 0 aliphatic carbocycles. The van der Waals surface area contributed by atoms with Crippen molar-refractivity contribution in [2.45, 2.75) is 18.7 Å². The van der Waals surface area contributed by atoms with Crippen molar-refractivity contribution in [1.29, 1.82) is 0 Å². The summed E-state index contributed by atoms with van der Waals surface area (Å²) in [5, 5.41) is 0.0627. The summed E-state index contributed by atoms with van der Waals surface area (Å²) in [5.41, 5.74) is 1.74. The molecule has 0 aliphatic rings. The van der Waals surface area contributed by atoms with E-state index in [9.17, 15) is 4.21 Å². The lowest BCUT2D eigenvalue weighted by Crippen LogP contribution is -2.17. The van der Waals surface area contributed by atoms with E-state index in [1.807, 2.05) is 23.6 Å². The Bertz CT molecular complexity index is 587. The maximum Gasteiger partial charge on any atom is 0.179 e. The van der Waals surface area contributed by atoms with E-state index in [1.165, 1.54) is 0 Å². The Hall–Kier alpha value is -1.01. The average molecular weight is 255 g/mol. The van der Waals surface area contributed by atoms with Gasteiger partial charge in [0.25, 0.3) is 0 Å². The summed E-state index contributed by atoms with van der Waals surface area (Å²) >= 11 is 5.23. The Labute approximate surface area is 101 Å². The first-order valence-corrected chi connectivity index (χ1v) is 6.98. The number of fused-ring (bicyclic) bond motifs is 1. The van der Waals surface area contributed by atoms with E-state index < -0.39 is 10.8 Å². The van der Waals surface area contributed by atoms with Crippen LogP contribution in [0.4, 0.5) is 0 Å². The SMILES string of the molecule is CC(Cn1c(=S)[nH]c2cccnc21)S(C)=O. The molecule has 0 saturated heterocycles. The zero-order valence-electron chi connectivity index (χ0n) is 9.14. The second-order valence-corrected chi connectivity index (χ2v) is 5.91. The Morgan fingerprint density at radius 3 is 3.12 bits per heavy atom. The van der Waals surface area contributed by atoms with Gasteiger partial charge in [-0.2, -0.15) is 0 Å². The topological polar surface area (TPSA) is 50.7 Å². The van der Waals surface area contributed by atoms with Crippen molar-refractivity contribution < 1.29 is 4.21 Å². The van der Waals surface area contributed by atoms with Crippen LogP contribution in [0.1, 0.15) is 6.92 Å². The number of H-pyrrole nitrogens is 1. The summed E-state index contributed by atoms with van der Waals surface area (Å²) in [7, 11) is -0.855. The first kappa shape index (κ1) is 11.5. The lowest BCUT2D eigenvalue weighted by atomic mass is 10.4. The van der Waals surface area contributed by atoms with Crippen LogP contribution in [0.5, 0.6) is 0 Å². The van der Waals surface area contributed by atoms with Crippen molar-refractivity contribution in [3.8, 4) is 0 Å². The highest BCUT2D eigenvalue weighted by Gasteiger charge is 2.11. The molecule has 4 nitrogen and oxygen atoms in total. The number of nitrogens with one attached hydrogen (secondary N) is 1. The normalized spacial score (nSPS) is 15.1. The third-order valence-corrected chi connectivity index (χ3v) is 4.14. The Balaban J connectivity index is 2.48. The molecule has 2 aromatic heterocycles. The van der Waals surface area contributed by atoms with Crippen LogP contribution < -0.4 is 0 Å². The fraction of sp³-hybridized carbons (Fsp3) is 0.400. The van der Waals surface area contributed by atoms with Gasteiger partial charge in [0.2, 0.25) is 0 Å². The average Bonchev–Trinajstić information content (AvgIpc) is 2.55. The maximum atomic E-state index is 11.4. The second-order valence-electron chi connectivity index (χ2n) is 3.72. The Morgan fingerprint density at radius 1 is 1.69 bits per heavy atom.